The number of imidazole rings is 1. The van der Waals surface area contributed by atoms with Gasteiger partial charge in [0.2, 0.25) is 5.91 Å². The smallest absolute Gasteiger partial charge is 0.328 e. The van der Waals surface area contributed by atoms with Crippen LogP contribution < -0.4 is 5.69 Å². The maximum absolute atomic E-state index is 13.3. The summed E-state index contributed by atoms with van der Waals surface area (Å²) in [7, 11) is 5.30. The van der Waals surface area contributed by atoms with Crippen molar-refractivity contribution in [3.63, 3.8) is 0 Å². The van der Waals surface area contributed by atoms with Crippen LogP contribution in [0.5, 0.6) is 0 Å². The van der Waals surface area contributed by atoms with Gasteiger partial charge in [-0.1, -0.05) is 18.2 Å². The standard InChI is InChI=1S/C23H32N4O3/c1-24-19-7-6-18(16-20(19)25(2)22(24)29)17-26-12-9-23(10-13-26)8-4-5-11-27(21(23)28)14-15-30-3/h4-7,16H,8-15,17H2,1-3H3. The van der Waals surface area contributed by atoms with Crippen LogP contribution in [0.1, 0.15) is 24.8 Å². The van der Waals surface area contributed by atoms with Gasteiger partial charge in [0.25, 0.3) is 0 Å². The van der Waals surface area contributed by atoms with Gasteiger partial charge in [0.05, 0.1) is 23.1 Å². The molecule has 2 aromatic rings. The van der Waals surface area contributed by atoms with E-state index in [0.717, 1.165) is 49.9 Å². The third-order valence-electron chi connectivity index (χ3n) is 6.86. The first-order valence-corrected chi connectivity index (χ1v) is 10.8. The number of piperidine rings is 1. The van der Waals surface area contributed by atoms with Gasteiger partial charge in [-0.3, -0.25) is 18.8 Å². The number of hydrogen-bond acceptors (Lipinski definition) is 4. The molecule has 0 aliphatic carbocycles. The minimum atomic E-state index is -0.273. The van der Waals surface area contributed by atoms with Crippen molar-refractivity contribution in [3.05, 3.63) is 46.4 Å². The van der Waals surface area contributed by atoms with Gasteiger partial charge in [-0.25, -0.2) is 4.79 Å². The van der Waals surface area contributed by atoms with E-state index < -0.39 is 0 Å². The van der Waals surface area contributed by atoms with Crippen LogP contribution in [0.15, 0.2) is 35.1 Å². The number of aryl methyl sites for hydroxylation is 2. The number of rotatable bonds is 5. The number of carbonyl (C=O) groups excluding carboxylic acids is 1. The van der Waals surface area contributed by atoms with Crippen LogP contribution in [0.25, 0.3) is 11.0 Å². The molecule has 3 heterocycles. The summed E-state index contributed by atoms with van der Waals surface area (Å²) in [6.07, 6.45) is 6.90. The van der Waals surface area contributed by atoms with Gasteiger partial charge in [-0.2, -0.15) is 0 Å². The number of carbonyl (C=O) groups is 1. The van der Waals surface area contributed by atoms with Gasteiger partial charge >= 0.3 is 5.69 Å². The summed E-state index contributed by atoms with van der Waals surface area (Å²) in [4.78, 5) is 29.8. The van der Waals surface area contributed by atoms with Gasteiger partial charge in [0.15, 0.2) is 0 Å². The van der Waals surface area contributed by atoms with Crippen molar-refractivity contribution in [1.29, 1.82) is 0 Å². The topological polar surface area (TPSA) is 59.7 Å². The predicted molar refractivity (Wildman–Crippen MR) is 117 cm³/mol. The van der Waals surface area contributed by atoms with Crippen molar-refractivity contribution >= 4 is 16.9 Å². The number of amides is 1. The zero-order valence-corrected chi connectivity index (χ0v) is 18.3. The molecule has 1 spiro atoms. The van der Waals surface area contributed by atoms with Gasteiger partial charge in [-0.15, -0.1) is 0 Å². The first-order valence-electron chi connectivity index (χ1n) is 10.8. The molecular formula is C23H32N4O3. The zero-order valence-electron chi connectivity index (χ0n) is 18.3. The molecule has 162 valence electrons. The average molecular weight is 413 g/mol. The van der Waals surface area contributed by atoms with E-state index in [1.165, 1.54) is 5.56 Å². The molecule has 0 atom stereocenters. The van der Waals surface area contributed by atoms with E-state index >= 15 is 0 Å². The normalized spacial score (nSPS) is 19.7. The van der Waals surface area contributed by atoms with E-state index in [1.54, 1.807) is 16.2 Å². The molecule has 0 unspecified atom stereocenters. The molecule has 0 bridgehead atoms. The zero-order chi connectivity index (χ0) is 21.3. The van der Waals surface area contributed by atoms with Crippen LogP contribution in [0.3, 0.4) is 0 Å². The number of likely N-dealkylation sites (tertiary alicyclic amines) is 1. The van der Waals surface area contributed by atoms with Crippen LogP contribution in [0, 0.1) is 5.41 Å². The highest BCUT2D eigenvalue weighted by atomic mass is 16.5. The molecule has 0 radical (unpaired) electrons. The Bertz CT molecular complexity index is 1010. The third-order valence-corrected chi connectivity index (χ3v) is 6.86. The average Bonchev–Trinajstić information content (AvgIpc) is 2.88. The SMILES string of the molecule is COCCN1CC=CCC2(CCN(Cc3ccc4c(c3)n(C)c(=O)n4C)CC2)C1=O. The molecule has 30 heavy (non-hydrogen) atoms. The van der Waals surface area contributed by atoms with E-state index in [0.29, 0.717) is 19.7 Å². The lowest BCUT2D eigenvalue weighted by atomic mass is 9.74. The number of aromatic nitrogens is 2. The van der Waals surface area contributed by atoms with Crippen molar-refractivity contribution in [2.24, 2.45) is 19.5 Å². The maximum atomic E-state index is 13.3. The second-order valence-electron chi connectivity index (χ2n) is 8.70. The van der Waals surface area contributed by atoms with E-state index in [2.05, 4.69) is 29.2 Å². The number of allylic oxidation sites excluding steroid dienone is 1. The number of hydrogen-bond donors (Lipinski definition) is 0. The summed E-state index contributed by atoms with van der Waals surface area (Å²) in [6.45, 7) is 4.57. The minimum absolute atomic E-state index is 0.0000206. The second-order valence-corrected chi connectivity index (χ2v) is 8.70. The summed E-state index contributed by atoms with van der Waals surface area (Å²) in [5, 5.41) is 0. The van der Waals surface area contributed by atoms with Crippen LogP contribution >= 0.6 is 0 Å². The van der Waals surface area contributed by atoms with E-state index in [-0.39, 0.29) is 17.0 Å². The summed E-state index contributed by atoms with van der Waals surface area (Å²) in [5.74, 6) is 0.282. The van der Waals surface area contributed by atoms with Crippen molar-refractivity contribution in [3.8, 4) is 0 Å². The molecule has 2 aliphatic heterocycles. The second kappa shape index (κ2) is 8.40. The minimum Gasteiger partial charge on any atom is -0.383 e. The number of methoxy groups -OCH3 is 1. The summed E-state index contributed by atoms with van der Waals surface area (Å²) in [6, 6.07) is 6.26. The number of fused-ring (bicyclic) bond motifs is 1. The number of nitrogens with zero attached hydrogens (tertiary/aromatic N) is 4. The molecular weight excluding hydrogens is 380 g/mol. The molecule has 1 aromatic heterocycles. The lowest BCUT2D eigenvalue weighted by Crippen LogP contribution is -2.50. The Morgan fingerprint density at radius 1 is 1.03 bits per heavy atom. The van der Waals surface area contributed by atoms with E-state index in [9.17, 15) is 9.59 Å². The Labute approximate surface area is 177 Å². The van der Waals surface area contributed by atoms with E-state index in [4.69, 9.17) is 4.74 Å². The molecule has 4 rings (SSSR count). The van der Waals surface area contributed by atoms with Crippen LogP contribution in [0.4, 0.5) is 0 Å². The van der Waals surface area contributed by atoms with Gasteiger partial charge in [-0.05, 0) is 50.0 Å². The molecule has 1 fully saturated rings. The molecule has 0 saturated carbocycles. The lowest BCUT2D eigenvalue weighted by Gasteiger charge is -2.42. The van der Waals surface area contributed by atoms with Crippen molar-refractivity contribution in [1.82, 2.24) is 18.9 Å². The quantitative estimate of drug-likeness (QED) is 0.704. The van der Waals surface area contributed by atoms with Gasteiger partial charge in [0, 0.05) is 40.8 Å². The fraction of sp³-hybridized carbons (Fsp3) is 0.565. The molecule has 1 amide bonds. The summed E-state index contributed by atoms with van der Waals surface area (Å²) < 4.78 is 8.58. The van der Waals surface area contributed by atoms with Gasteiger partial charge in [0.1, 0.15) is 0 Å². The molecule has 1 aromatic carbocycles. The summed E-state index contributed by atoms with van der Waals surface area (Å²) >= 11 is 0. The third kappa shape index (κ3) is 3.72. The van der Waals surface area contributed by atoms with Crippen LogP contribution in [-0.4, -0.2) is 64.7 Å². The largest absolute Gasteiger partial charge is 0.383 e. The molecule has 7 heteroatoms. The van der Waals surface area contributed by atoms with Crippen molar-refractivity contribution < 1.29 is 9.53 Å². The maximum Gasteiger partial charge on any atom is 0.328 e. The Morgan fingerprint density at radius 2 is 1.77 bits per heavy atom. The first-order chi connectivity index (χ1) is 14.4. The highest BCUT2D eigenvalue weighted by Gasteiger charge is 2.43. The molecule has 7 nitrogen and oxygen atoms in total. The Hall–Kier alpha value is -2.38. The Kier molecular flexibility index (Phi) is 5.84. The van der Waals surface area contributed by atoms with Crippen LogP contribution in [0.2, 0.25) is 0 Å². The van der Waals surface area contributed by atoms with Crippen LogP contribution in [-0.2, 0) is 30.2 Å². The monoisotopic (exact) mass is 412 g/mol. The van der Waals surface area contributed by atoms with Gasteiger partial charge < -0.3 is 9.64 Å². The number of ether oxygens (including phenoxy) is 1. The fourth-order valence-corrected chi connectivity index (χ4v) is 4.88. The lowest BCUT2D eigenvalue weighted by molar-refractivity contribution is -0.144. The van der Waals surface area contributed by atoms with Crippen molar-refractivity contribution in [2.75, 3.05) is 39.9 Å². The highest BCUT2D eigenvalue weighted by molar-refractivity contribution is 5.83. The highest BCUT2D eigenvalue weighted by Crippen LogP contribution is 2.39. The van der Waals surface area contributed by atoms with Crippen molar-refractivity contribution in [2.45, 2.75) is 25.8 Å². The fourth-order valence-electron chi connectivity index (χ4n) is 4.88. The van der Waals surface area contributed by atoms with E-state index in [1.807, 2.05) is 25.1 Å². The molecule has 1 saturated heterocycles. The molecule has 0 N–H and O–H groups in total. The Morgan fingerprint density at radius 3 is 2.50 bits per heavy atom. The number of benzene rings is 1. The summed E-state index contributed by atoms with van der Waals surface area (Å²) in [5.41, 5.74) is 2.85. The first kappa shape index (κ1) is 20.9. The molecule has 2 aliphatic rings. The Balaban J connectivity index is 1.45. The predicted octanol–water partition coefficient (Wildman–Crippen LogP) is 1.89.